The smallest absolute Gasteiger partial charge is 0.303 e. The van der Waals surface area contributed by atoms with Crippen molar-refractivity contribution < 1.29 is 14.6 Å². The Morgan fingerprint density at radius 3 is 2.77 bits per heavy atom. The van der Waals surface area contributed by atoms with Gasteiger partial charge in [-0.05, 0) is 18.6 Å². The molecule has 0 aromatic carbocycles. The van der Waals surface area contributed by atoms with E-state index in [4.69, 9.17) is 9.84 Å². The van der Waals surface area contributed by atoms with Gasteiger partial charge in [0.2, 0.25) is 0 Å². The minimum absolute atomic E-state index is 0.144. The first-order valence-electron chi connectivity index (χ1n) is 4.03. The third-order valence-electron chi connectivity index (χ3n) is 1.45. The fraction of sp³-hybridized carbons (Fsp3) is 0.333. The lowest BCUT2D eigenvalue weighted by atomic mass is 10.3. The molecular weight excluding hydrogens is 170 g/mol. The number of aromatic nitrogens is 1. The van der Waals surface area contributed by atoms with E-state index in [1.807, 2.05) is 0 Å². The molecule has 0 saturated carbocycles. The van der Waals surface area contributed by atoms with Crippen LogP contribution in [0, 0.1) is 0 Å². The fourth-order valence-corrected chi connectivity index (χ4v) is 0.848. The minimum atomic E-state index is -0.793. The number of carboxylic acids is 1. The maximum atomic E-state index is 10.1. The predicted molar refractivity (Wildman–Crippen MR) is 46.6 cm³/mol. The number of nitrogens with zero attached hydrogens (tertiary/aromatic N) is 1. The fourth-order valence-electron chi connectivity index (χ4n) is 0.848. The van der Waals surface area contributed by atoms with Crippen molar-refractivity contribution in [3.63, 3.8) is 0 Å². The number of hydrogen-bond donors (Lipinski definition) is 1. The van der Waals surface area contributed by atoms with Gasteiger partial charge in [0.1, 0.15) is 5.75 Å². The average Bonchev–Trinajstić information content (AvgIpc) is 2.14. The molecule has 0 aliphatic carbocycles. The number of rotatable bonds is 5. The van der Waals surface area contributed by atoms with Gasteiger partial charge in [0.15, 0.2) is 0 Å². The number of ether oxygens (including phenoxy) is 1. The highest BCUT2D eigenvalue weighted by atomic mass is 16.5. The largest absolute Gasteiger partial charge is 0.493 e. The van der Waals surface area contributed by atoms with Crippen molar-refractivity contribution in [2.24, 2.45) is 0 Å². The number of aliphatic carboxylic acids is 1. The molecule has 0 bridgehead atoms. The number of carbonyl (C=O) groups is 1. The maximum Gasteiger partial charge on any atom is 0.303 e. The minimum Gasteiger partial charge on any atom is -0.493 e. The van der Waals surface area contributed by atoms with Crippen LogP contribution >= 0.6 is 0 Å². The van der Waals surface area contributed by atoms with Crippen LogP contribution in [0.5, 0.6) is 5.75 Å². The number of carboxylic acid groups (broad SMARTS) is 1. The van der Waals surface area contributed by atoms with E-state index in [1.165, 1.54) is 0 Å². The Labute approximate surface area is 76.2 Å². The Kier molecular flexibility index (Phi) is 3.75. The Morgan fingerprint density at radius 2 is 2.15 bits per heavy atom. The summed E-state index contributed by atoms with van der Waals surface area (Å²) >= 11 is 0. The summed E-state index contributed by atoms with van der Waals surface area (Å²) in [6.07, 6.45) is 3.93. The molecule has 1 N–H and O–H groups in total. The van der Waals surface area contributed by atoms with Crippen molar-refractivity contribution in [2.45, 2.75) is 12.8 Å². The predicted octanol–water partition coefficient (Wildman–Crippen LogP) is 1.33. The molecule has 0 radical (unpaired) electrons. The highest BCUT2D eigenvalue weighted by Crippen LogP contribution is 2.07. The lowest BCUT2D eigenvalue weighted by Crippen LogP contribution is -2.01. The van der Waals surface area contributed by atoms with Crippen molar-refractivity contribution in [3.05, 3.63) is 24.5 Å². The first kappa shape index (κ1) is 9.51. The van der Waals surface area contributed by atoms with Crippen molar-refractivity contribution >= 4 is 5.97 Å². The van der Waals surface area contributed by atoms with Crippen molar-refractivity contribution in [1.29, 1.82) is 0 Å². The van der Waals surface area contributed by atoms with Crippen LogP contribution < -0.4 is 4.74 Å². The van der Waals surface area contributed by atoms with Crippen LogP contribution in [0.2, 0.25) is 0 Å². The van der Waals surface area contributed by atoms with Crippen molar-refractivity contribution in [3.8, 4) is 5.75 Å². The maximum absolute atomic E-state index is 10.1. The molecule has 0 amide bonds. The zero-order chi connectivity index (χ0) is 9.52. The lowest BCUT2D eigenvalue weighted by Gasteiger charge is -2.03. The third-order valence-corrected chi connectivity index (χ3v) is 1.45. The summed E-state index contributed by atoms with van der Waals surface area (Å²) in [6, 6.07) is 3.47. The monoisotopic (exact) mass is 181 g/mol. The van der Waals surface area contributed by atoms with Gasteiger partial charge < -0.3 is 9.84 Å². The van der Waals surface area contributed by atoms with Gasteiger partial charge in [-0.15, -0.1) is 0 Å². The lowest BCUT2D eigenvalue weighted by molar-refractivity contribution is -0.137. The van der Waals surface area contributed by atoms with Crippen LogP contribution in [0.3, 0.4) is 0 Å². The summed E-state index contributed by atoms with van der Waals surface area (Å²) in [5, 5.41) is 8.35. The molecule has 0 fully saturated rings. The van der Waals surface area contributed by atoms with E-state index in [2.05, 4.69) is 4.98 Å². The van der Waals surface area contributed by atoms with Gasteiger partial charge in [0.05, 0.1) is 6.61 Å². The topological polar surface area (TPSA) is 59.4 Å². The van der Waals surface area contributed by atoms with Crippen molar-refractivity contribution in [1.82, 2.24) is 4.98 Å². The van der Waals surface area contributed by atoms with E-state index >= 15 is 0 Å². The zero-order valence-corrected chi connectivity index (χ0v) is 7.14. The molecule has 0 unspecified atom stereocenters. The van der Waals surface area contributed by atoms with E-state index in [0.29, 0.717) is 13.0 Å². The van der Waals surface area contributed by atoms with E-state index in [0.717, 1.165) is 5.75 Å². The molecule has 1 rings (SSSR count). The molecule has 4 nitrogen and oxygen atoms in total. The molecule has 0 atom stereocenters. The van der Waals surface area contributed by atoms with Gasteiger partial charge in [0.25, 0.3) is 0 Å². The molecular formula is C9H11NO3. The molecule has 1 heterocycles. The number of hydrogen-bond acceptors (Lipinski definition) is 3. The second kappa shape index (κ2) is 5.13. The van der Waals surface area contributed by atoms with Crippen LogP contribution in [-0.2, 0) is 4.79 Å². The summed E-state index contributed by atoms with van der Waals surface area (Å²) in [4.78, 5) is 14.0. The first-order valence-corrected chi connectivity index (χ1v) is 4.03. The second-order valence-electron chi connectivity index (χ2n) is 2.53. The Hall–Kier alpha value is -1.58. The molecule has 1 aromatic rings. The molecule has 70 valence electrons. The van der Waals surface area contributed by atoms with Crippen LogP contribution in [0.1, 0.15) is 12.8 Å². The van der Waals surface area contributed by atoms with Crippen LogP contribution in [0.15, 0.2) is 24.5 Å². The standard InChI is InChI=1S/C9H11NO3/c11-9(12)2-1-7-13-8-3-5-10-6-4-8/h3-6H,1-2,7H2,(H,11,12). The van der Waals surface area contributed by atoms with E-state index in [9.17, 15) is 4.79 Å². The summed E-state index contributed by atoms with van der Waals surface area (Å²) in [5.74, 6) is -0.0706. The molecule has 1 aromatic heterocycles. The van der Waals surface area contributed by atoms with Crippen LogP contribution in [0.4, 0.5) is 0 Å². The van der Waals surface area contributed by atoms with E-state index < -0.39 is 5.97 Å². The van der Waals surface area contributed by atoms with Crippen molar-refractivity contribution in [2.75, 3.05) is 6.61 Å². The third kappa shape index (κ3) is 4.10. The van der Waals surface area contributed by atoms with E-state index in [1.54, 1.807) is 24.5 Å². The first-order chi connectivity index (χ1) is 6.29. The molecule has 0 aliphatic rings. The van der Waals surface area contributed by atoms with Gasteiger partial charge in [-0.3, -0.25) is 9.78 Å². The molecule has 0 spiro atoms. The average molecular weight is 181 g/mol. The van der Waals surface area contributed by atoms with Gasteiger partial charge in [0, 0.05) is 18.8 Å². The number of pyridine rings is 1. The Bertz CT molecular complexity index is 261. The highest BCUT2D eigenvalue weighted by Gasteiger charge is 1.96. The van der Waals surface area contributed by atoms with Gasteiger partial charge in [-0.25, -0.2) is 0 Å². The van der Waals surface area contributed by atoms with Gasteiger partial charge in [-0.1, -0.05) is 0 Å². The zero-order valence-electron chi connectivity index (χ0n) is 7.14. The molecule has 4 heteroatoms. The second-order valence-corrected chi connectivity index (χ2v) is 2.53. The van der Waals surface area contributed by atoms with Gasteiger partial charge in [-0.2, -0.15) is 0 Å². The molecule has 0 saturated heterocycles. The van der Waals surface area contributed by atoms with Crippen LogP contribution in [0.25, 0.3) is 0 Å². The summed E-state index contributed by atoms with van der Waals surface area (Å²) in [6.45, 7) is 0.427. The van der Waals surface area contributed by atoms with E-state index in [-0.39, 0.29) is 6.42 Å². The SMILES string of the molecule is O=C(O)CCCOc1ccncc1. The van der Waals surface area contributed by atoms with Crippen LogP contribution in [-0.4, -0.2) is 22.7 Å². The summed E-state index contributed by atoms with van der Waals surface area (Å²) < 4.78 is 5.25. The summed E-state index contributed by atoms with van der Waals surface area (Å²) in [7, 11) is 0. The molecule has 13 heavy (non-hydrogen) atoms. The quantitative estimate of drug-likeness (QED) is 0.696. The highest BCUT2D eigenvalue weighted by molar-refractivity contribution is 5.66. The Balaban J connectivity index is 2.17. The van der Waals surface area contributed by atoms with Gasteiger partial charge >= 0.3 is 5.97 Å². The summed E-state index contributed by atoms with van der Waals surface area (Å²) in [5.41, 5.74) is 0. The Morgan fingerprint density at radius 1 is 1.46 bits per heavy atom. The normalized spacial score (nSPS) is 9.54. The molecule has 0 aliphatic heterocycles.